The lowest BCUT2D eigenvalue weighted by molar-refractivity contribution is 0.0170. The van der Waals surface area contributed by atoms with Gasteiger partial charge >= 0.3 is 0 Å². The molecule has 0 saturated heterocycles. The summed E-state index contributed by atoms with van der Waals surface area (Å²) >= 11 is 0. The lowest BCUT2D eigenvalue weighted by Crippen LogP contribution is -2.39. The van der Waals surface area contributed by atoms with E-state index in [0.717, 1.165) is 11.8 Å². The highest BCUT2D eigenvalue weighted by Crippen LogP contribution is 2.52. The maximum atomic E-state index is 2.66. The molecule has 2 atom stereocenters. The molecule has 2 saturated carbocycles. The molecule has 0 amide bonds. The summed E-state index contributed by atoms with van der Waals surface area (Å²) in [6.45, 7) is 5.00. The molecule has 2 fully saturated rings. The third kappa shape index (κ3) is 3.06. The molecular formula is C17H32. The van der Waals surface area contributed by atoms with Crippen molar-refractivity contribution >= 4 is 0 Å². The number of unbranched alkanes of at least 4 members (excludes halogenated alkanes) is 1. The molecular weight excluding hydrogens is 204 g/mol. The van der Waals surface area contributed by atoms with Crippen LogP contribution in [0.15, 0.2) is 0 Å². The van der Waals surface area contributed by atoms with Gasteiger partial charge in [0.25, 0.3) is 0 Å². The summed E-state index contributed by atoms with van der Waals surface area (Å²) < 4.78 is 0. The standard InChI is InChI=1S/C17H32/c1-3-4-10-15-13-8-9-14-17(15,2)16-11-6-5-7-12-16/h15-16H,3-14H2,1-2H3. The van der Waals surface area contributed by atoms with Crippen LogP contribution in [-0.4, -0.2) is 0 Å². The van der Waals surface area contributed by atoms with E-state index in [1.165, 1.54) is 64.2 Å². The lowest BCUT2D eigenvalue weighted by Gasteiger charge is -2.49. The van der Waals surface area contributed by atoms with Gasteiger partial charge in [0, 0.05) is 0 Å². The summed E-state index contributed by atoms with van der Waals surface area (Å²) in [5, 5.41) is 0. The second-order valence-corrected chi connectivity index (χ2v) is 6.93. The first-order valence-corrected chi connectivity index (χ1v) is 8.27. The molecule has 0 aromatic carbocycles. The van der Waals surface area contributed by atoms with Crippen molar-refractivity contribution in [2.24, 2.45) is 17.3 Å². The fourth-order valence-electron chi connectivity index (χ4n) is 4.65. The van der Waals surface area contributed by atoms with Crippen molar-refractivity contribution < 1.29 is 0 Å². The lowest BCUT2D eigenvalue weighted by atomic mass is 9.57. The smallest absolute Gasteiger partial charge is 0.0269 e. The summed E-state index contributed by atoms with van der Waals surface area (Å²) in [4.78, 5) is 0. The van der Waals surface area contributed by atoms with Crippen molar-refractivity contribution in [3.8, 4) is 0 Å². The van der Waals surface area contributed by atoms with Crippen molar-refractivity contribution in [1.82, 2.24) is 0 Å². The second kappa shape index (κ2) is 6.25. The maximum absolute atomic E-state index is 2.66. The minimum atomic E-state index is 0.716. The van der Waals surface area contributed by atoms with Crippen molar-refractivity contribution in [2.45, 2.75) is 90.9 Å². The summed E-state index contributed by atoms with van der Waals surface area (Å²) in [6.07, 6.45) is 18.1. The highest BCUT2D eigenvalue weighted by atomic mass is 14.5. The van der Waals surface area contributed by atoms with E-state index in [4.69, 9.17) is 0 Å². The van der Waals surface area contributed by atoms with E-state index in [1.807, 2.05) is 0 Å². The molecule has 2 aliphatic rings. The molecule has 0 aromatic rings. The second-order valence-electron chi connectivity index (χ2n) is 6.93. The van der Waals surface area contributed by atoms with Gasteiger partial charge in [-0.25, -0.2) is 0 Å². The monoisotopic (exact) mass is 236 g/mol. The van der Waals surface area contributed by atoms with Crippen LogP contribution in [0.2, 0.25) is 0 Å². The molecule has 2 rings (SSSR count). The molecule has 0 heteroatoms. The summed E-state index contributed by atoms with van der Waals surface area (Å²) in [5.41, 5.74) is 0.716. The van der Waals surface area contributed by atoms with Gasteiger partial charge in [0.15, 0.2) is 0 Å². The van der Waals surface area contributed by atoms with E-state index in [1.54, 1.807) is 12.8 Å². The van der Waals surface area contributed by atoms with Crippen LogP contribution in [-0.2, 0) is 0 Å². The Bertz CT molecular complexity index is 214. The fraction of sp³-hybridized carbons (Fsp3) is 1.00. The van der Waals surface area contributed by atoms with Crippen LogP contribution in [0.3, 0.4) is 0 Å². The SMILES string of the molecule is CCCCC1CCCCC1(C)C1CCCCC1. The van der Waals surface area contributed by atoms with Crippen molar-refractivity contribution in [2.75, 3.05) is 0 Å². The van der Waals surface area contributed by atoms with Crippen molar-refractivity contribution in [3.63, 3.8) is 0 Å². The highest BCUT2D eigenvalue weighted by molar-refractivity contribution is 4.92. The van der Waals surface area contributed by atoms with E-state index < -0.39 is 0 Å². The van der Waals surface area contributed by atoms with E-state index >= 15 is 0 Å². The van der Waals surface area contributed by atoms with Gasteiger partial charge in [-0.2, -0.15) is 0 Å². The topological polar surface area (TPSA) is 0 Å². The van der Waals surface area contributed by atoms with Gasteiger partial charge in [0.2, 0.25) is 0 Å². The average molecular weight is 236 g/mol. The average Bonchev–Trinajstić information content (AvgIpc) is 2.39. The quantitative estimate of drug-likeness (QED) is 0.565. The molecule has 0 heterocycles. The molecule has 0 bridgehead atoms. The van der Waals surface area contributed by atoms with Crippen LogP contribution in [0.25, 0.3) is 0 Å². The molecule has 100 valence electrons. The zero-order valence-corrected chi connectivity index (χ0v) is 12.1. The first-order chi connectivity index (χ1) is 8.27. The molecule has 0 radical (unpaired) electrons. The predicted molar refractivity (Wildman–Crippen MR) is 76.2 cm³/mol. The predicted octanol–water partition coefficient (Wildman–Crippen LogP) is 5.95. The van der Waals surface area contributed by atoms with Crippen molar-refractivity contribution in [3.05, 3.63) is 0 Å². The Morgan fingerprint density at radius 3 is 2.35 bits per heavy atom. The van der Waals surface area contributed by atoms with Crippen molar-refractivity contribution in [1.29, 1.82) is 0 Å². The van der Waals surface area contributed by atoms with Crippen LogP contribution in [0.4, 0.5) is 0 Å². The van der Waals surface area contributed by atoms with Gasteiger partial charge in [0.05, 0.1) is 0 Å². The van der Waals surface area contributed by atoms with Crippen LogP contribution in [0, 0.1) is 17.3 Å². The van der Waals surface area contributed by atoms with Crippen LogP contribution in [0.1, 0.15) is 90.9 Å². The van der Waals surface area contributed by atoms with Crippen LogP contribution >= 0.6 is 0 Å². The summed E-state index contributed by atoms with van der Waals surface area (Å²) in [5.74, 6) is 2.12. The Labute approximate surface area is 109 Å². The van der Waals surface area contributed by atoms with Gasteiger partial charge in [-0.3, -0.25) is 0 Å². The largest absolute Gasteiger partial charge is 0.0654 e. The summed E-state index contributed by atoms with van der Waals surface area (Å²) in [7, 11) is 0. The van der Waals surface area contributed by atoms with Gasteiger partial charge < -0.3 is 0 Å². The molecule has 2 unspecified atom stereocenters. The van der Waals surface area contributed by atoms with Gasteiger partial charge in [-0.1, -0.05) is 58.8 Å². The molecule has 0 aromatic heterocycles. The maximum Gasteiger partial charge on any atom is -0.0269 e. The van der Waals surface area contributed by atoms with Gasteiger partial charge in [-0.05, 0) is 49.4 Å². The third-order valence-corrected chi connectivity index (χ3v) is 5.89. The highest BCUT2D eigenvalue weighted by Gasteiger charge is 2.42. The normalized spacial score (nSPS) is 36.0. The van der Waals surface area contributed by atoms with Gasteiger partial charge in [0.1, 0.15) is 0 Å². The minimum absolute atomic E-state index is 0.716. The Kier molecular flexibility index (Phi) is 4.94. The van der Waals surface area contributed by atoms with Gasteiger partial charge in [-0.15, -0.1) is 0 Å². The zero-order chi connectivity index (χ0) is 12.1. The van der Waals surface area contributed by atoms with E-state index in [-0.39, 0.29) is 0 Å². The minimum Gasteiger partial charge on any atom is -0.0654 e. The molecule has 0 spiro atoms. The number of hydrogen-bond donors (Lipinski definition) is 0. The molecule has 2 aliphatic carbocycles. The number of rotatable bonds is 4. The molecule has 0 nitrogen and oxygen atoms in total. The zero-order valence-electron chi connectivity index (χ0n) is 12.1. The Hall–Kier alpha value is 0. The Morgan fingerprint density at radius 2 is 1.65 bits per heavy atom. The Balaban J connectivity index is 2.00. The van der Waals surface area contributed by atoms with E-state index in [0.29, 0.717) is 5.41 Å². The third-order valence-electron chi connectivity index (χ3n) is 5.89. The fourth-order valence-corrected chi connectivity index (χ4v) is 4.65. The van der Waals surface area contributed by atoms with E-state index in [9.17, 15) is 0 Å². The molecule has 0 aliphatic heterocycles. The van der Waals surface area contributed by atoms with Crippen LogP contribution < -0.4 is 0 Å². The Morgan fingerprint density at radius 1 is 0.941 bits per heavy atom. The summed E-state index contributed by atoms with van der Waals surface area (Å²) in [6, 6.07) is 0. The first-order valence-electron chi connectivity index (χ1n) is 8.27. The van der Waals surface area contributed by atoms with E-state index in [2.05, 4.69) is 13.8 Å². The molecule has 17 heavy (non-hydrogen) atoms. The van der Waals surface area contributed by atoms with Crippen LogP contribution in [0.5, 0.6) is 0 Å². The molecule has 0 N–H and O–H groups in total. The first kappa shape index (κ1) is 13.4. The number of hydrogen-bond acceptors (Lipinski definition) is 0.